The van der Waals surface area contributed by atoms with Gasteiger partial charge in [0.15, 0.2) is 0 Å². The highest BCUT2D eigenvalue weighted by molar-refractivity contribution is 9.10. The molecule has 3 aliphatic carbocycles. The van der Waals surface area contributed by atoms with Crippen molar-refractivity contribution in [3.8, 4) is 0 Å². The summed E-state index contributed by atoms with van der Waals surface area (Å²) in [5.74, 6) is -2.58. The molecule has 1 saturated heterocycles. The van der Waals surface area contributed by atoms with Crippen molar-refractivity contribution in [1.29, 1.82) is 0 Å². The van der Waals surface area contributed by atoms with Gasteiger partial charge in [-0.1, -0.05) is 112 Å². The normalized spacial score (nSPS) is 27.1. The van der Waals surface area contributed by atoms with Crippen LogP contribution in [-0.4, -0.2) is 24.4 Å². The number of anilines is 1. The molecule has 7 rings (SSSR count). The van der Waals surface area contributed by atoms with Gasteiger partial charge in [0, 0.05) is 0 Å². The number of para-hydroxylation sites is 1. The van der Waals surface area contributed by atoms with Crippen molar-refractivity contribution in [2.24, 2.45) is 11.8 Å². The smallest absolute Gasteiger partial charge is 0.340 e. The van der Waals surface area contributed by atoms with E-state index in [2.05, 4.69) is 38.8 Å². The summed E-state index contributed by atoms with van der Waals surface area (Å²) in [5, 5.41) is 0. The molecule has 2 amide bonds. The molecule has 4 aliphatic rings. The van der Waals surface area contributed by atoms with Gasteiger partial charge in [-0.25, -0.2) is 9.69 Å². The first kappa shape index (κ1) is 24.6. The first-order chi connectivity index (χ1) is 17.9. The lowest BCUT2D eigenvalue weighted by molar-refractivity contribution is -0.122. The number of hydrogen-bond acceptors (Lipinski definition) is 4. The zero-order chi connectivity index (χ0) is 25.9. The molecule has 0 unspecified atom stereocenters. The number of nitrogens with zero attached hydrogens (tertiary/aromatic N) is 1. The van der Waals surface area contributed by atoms with Gasteiger partial charge in [0.2, 0.25) is 11.8 Å². The second-order valence-corrected chi connectivity index (χ2v) is 12.3. The summed E-state index contributed by atoms with van der Waals surface area (Å²) < 4.78 is 3.75. The summed E-state index contributed by atoms with van der Waals surface area (Å²) in [6.07, 6.45) is 2.75. The molecule has 1 heterocycles. The summed E-state index contributed by atoms with van der Waals surface area (Å²) in [7, 11) is 0. The Labute approximate surface area is 232 Å². The van der Waals surface area contributed by atoms with Crippen LogP contribution in [0.1, 0.15) is 58.8 Å². The van der Waals surface area contributed by atoms with Crippen LogP contribution in [-0.2, 0) is 23.0 Å². The number of halogens is 2. The number of hydrogen-bond donors (Lipinski definition) is 0. The molecule has 1 aliphatic heterocycles. The predicted octanol–water partition coefficient (Wildman–Crippen LogP) is 6.44. The Morgan fingerprint density at radius 3 is 1.73 bits per heavy atom. The molecule has 0 aromatic heterocycles. The molecule has 7 heteroatoms. The third kappa shape index (κ3) is 3.23. The Bertz CT molecular complexity index is 1330. The van der Waals surface area contributed by atoms with Gasteiger partial charge in [-0.05, 0) is 40.8 Å². The molecular formula is C30H25Br2NO4. The van der Waals surface area contributed by atoms with Crippen molar-refractivity contribution in [3.63, 3.8) is 0 Å². The average molecular weight is 623 g/mol. The number of unbranched alkanes of at least 4 members (excludes halogenated alkanes) is 2. The van der Waals surface area contributed by atoms with Gasteiger partial charge in [0.05, 0.1) is 38.3 Å². The Balaban J connectivity index is 1.48. The minimum Gasteiger partial charge on any atom is -0.462 e. The van der Waals surface area contributed by atoms with E-state index in [4.69, 9.17) is 4.74 Å². The van der Waals surface area contributed by atoms with Gasteiger partial charge in [0.1, 0.15) is 0 Å². The van der Waals surface area contributed by atoms with Crippen LogP contribution in [0.25, 0.3) is 0 Å². The fourth-order valence-corrected chi connectivity index (χ4v) is 8.64. The number of esters is 1. The molecular weight excluding hydrogens is 598 g/mol. The maximum atomic E-state index is 14.3. The number of alkyl halides is 2. The molecule has 2 bridgehead atoms. The summed E-state index contributed by atoms with van der Waals surface area (Å²) in [6, 6.07) is 22.6. The lowest BCUT2D eigenvalue weighted by Crippen LogP contribution is -2.56. The quantitative estimate of drug-likeness (QED) is 0.137. The number of imide groups is 1. The van der Waals surface area contributed by atoms with Crippen LogP contribution in [0.5, 0.6) is 0 Å². The van der Waals surface area contributed by atoms with Crippen molar-refractivity contribution in [2.45, 2.75) is 34.8 Å². The van der Waals surface area contributed by atoms with Crippen LogP contribution in [0.4, 0.5) is 5.69 Å². The van der Waals surface area contributed by atoms with Crippen LogP contribution in [0.2, 0.25) is 0 Å². The standard InChI is InChI=1S/C30H25Br2NO4/c1-2-3-10-17-37-28(36)18-11-4-9-16-23(18)33-26(34)24-25(27(33)35)30(32)20-13-6-5-12-19(20)29(24,31)21-14-7-8-15-22(21)30/h4-9,11-16,24-25H,2-3,10,17H2,1H3/t24-,25-,29?,30?/m1/s1. The van der Waals surface area contributed by atoms with Gasteiger partial charge < -0.3 is 4.74 Å². The largest absolute Gasteiger partial charge is 0.462 e. The number of ether oxygens (including phenoxy) is 1. The zero-order valence-corrected chi connectivity index (χ0v) is 23.4. The minimum absolute atomic E-state index is 0.217. The number of benzene rings is 3. The maximum absolute atomic E-state index is 14.3. The van der Waals surface area contributed by atoms with Crippen molar-refractivity contribution in [1.82, 2.24) is 0 Å². The molecule has 0 radical (unpaired) electrons. The molecule has 0 N–H and O–H groups in total. The van der Waals surface area contributed by atoms with Gasteiger partial charge in [-0.2, -0.15) is 0 Å². The van der Waals surface area contributed by atoms with E-state index in [-0.39, 0.29) is 23.1 Å². The van der Waals surface area contributed by atoms with Crippen LogP contribution in [0.15, 0.2) is 72.8 Å². The number of amides is 2. The van der Waals surface area contributed by atoms with Gasteiger partial charge in [-0.15, -0.1) is 0 Å². The summed E-state index contributed by atoms with van der Waals surface area (Å²) in [4.78, 5) is 42.8. The third-order valence-electron chi connectivity index (χ3n) is 7.93. The summed E-state index contributed by atoms with van der Waals surface area (Å²) in [6.45, 7) is 2.38. The minimum atomic E-state index is -0.878. The van der Waals surface area contributed by atoms with Gasteiger partial charge in [0.25, 0.3) is 0 Å². The van der Waals surface area contributed by atoms with E-state index in [9.17, 15) is 14.4 Å². The van der Waals surface area contributed by atoms with Crippen LogP contribution < -0.4 is 4.90 Å². The highest BCUT2D eigenvalue weighted by Gasteiger charge is 2.72. The molecule has 188 valence electrons. The highest BCUT2D eigenvalue weighted by Crippen LogP contribution is 2.70. The number of carbonyl (C=O) groups excluding carboxylic acids is 3. The molecule has 5 nitrogen and oxygen atoms in total. The van der Waals surface area contributed by atoms with E-state index < -0.39 is 26.5 Å². The van der Waals surface area contributed by atoms with E-state index >= 15 is 0 Å². The van der Waals surface area contributed by atoms with Gasteiger partial charge >= 0.3 is 5.97 Å². The number of carbonyl (C=O) groups is 3. The molecule has 0 saturated carbocycles. The number of rotatable bonds is 6. The van der Waals surface area contributed by atoms with E-state index in [0.29, 0.717) is 6.61 Å². The average Bonchev–Trinajstić information content (AvgIpc) is 3.20. The van der Waals surface area contributed by atoms with Crippen molar-refractivity contribution < 1.29 is 19.1 Å². The Morgan fingerprint density at radius 1 is 0.784 bits per heavy atom. The van der Waals surface area contributed by atoms with Crippen LogP contribution in [0.3, 0.4) is 0 Å². The SMILES string of the molecule is CCCCCOC(=O)c1ccccc1N1C(=O)[C@H]2[C@H](C1=O)C1(Br)c3ccccc3C2(Br)c2ccccc21. The maximum Gasteiger partial charge on any atom is 0.340 e. The van der Waals surface area contributed by atoms with E-state index in [1.54, 1.807) is 24.3 Å². The lowest BCUT2D eigenvalue weighted by atomic mass is 9.54. The van der Waals surface area contributed by atoms with Crippen molar-refractivity contribution in [3.05, 3.63) is 101 Å². The molecule has 1 fully saturated rings. The predicted molar refractivity (Wildman–Crippen MR) is 148 cm³/mol. The Morgan fingerprint density at radius 2 is 1.24 bits per heavy atom. The second kappa shape index (κ2) is 8.91. The highest BCUT2D eigenvalue weighted by atomic mass is 79.9. The summed E-state index contributed by atoms with van der Waals surface area (Å²) in [5.41, 5.74) is 4.37. The molecule has 2 atom stereocenters. The molecule has 3 aromatic carbocycles. The van der Waals surface area contributed by atoms with Crippen LogP contribution in [0, 0.1) is 11.8 Å². The zero-order valence-electron chi connectivity index (χ0n) is 20.2. The monoisotopic (exact) mass is 621 g/mol. The first-order valence-corrected chi connectivity index (χ1v) is 14.2. The molecule has 37 heavy (non-hydrogen) atoms. The fourth-order valence-electron chi connectivity index (χ4n) is 6.34. The van der Waals surface area contributed by atoms with E-state index in [1.165, 1.54) is 4.90 Å². The van der Waals surface area contributed by atoms with Crippen molar-refractivity contribution in [2.75, 3.05) is 11.5 Å². The molecule has 0 spiro atoms. The Kier molecular flexibility index (Phi) is 5.92. The second-order valence-electron chi connectivity index (χ2n) is 9.84. The first-order valence-electron chi connectivity index (χ1n) is 12.6. The fraction of sp³-hybridized carbons (Fsp3) is 0.300. The molecule has 3 aromatic rings. The van der Waals surface area contributed by atoms with Gasteiger partial charge in [-0.3, -0.25) is 9.59 Å². The Hall–Kier alpha value is -2.77. The van der Waals surface area contributed by atoms with Crippen LogP contribution >= 0.6 is 31.9 Å². The van der Waals surface area contributed by atoms with Crippen molar-refractivity contribution >= 4 is 55.3 Å². The topological polar surface area (TPSA) is 63.7 Å². The summed E-state index contributed by atoms with van der Waals surface area (Å²) >= 11 is 8.03. The lowest BCUT2D eigenvalue weighted by Gasteiger charge is -2.55. The third-order valence-corrected chi connectivity index (χ3v) is 10.6. The van der Waals surface area contributed by atoms with E-state index in [0.717, 1.165) is 41.5 Å². The van der Waals surface area contributed by atoms with E-state index in [1.807, 2.05) is 48.5 Å².